The van der Waals surface area contributed by atoms with Gasteiger partial charge in [-0.1, -0.05) is 78.9 Å². The molecule has 0 N–H and O–H groups in total. The van der Waals surface area contributed by atoms with Gasteiger partial charge in [-0.05, 0) is 18.2 Å². The highest BCUT2D eigenvalue weighted by Gasteiger charge is 2.18. The van der Waals surface area contributed by atoms with Crippen molar-refractivity contribution in [2.45, 2.75) is 0 Å². The molecular formula is C28H17N5S. The molecule has 5 nitrogen and oxygen atoms in total. The Hall–Kier alpha value is -4.42. The van der Waals surface area contributed by atoms with Crippen molar-refractivity contribution < 1.29 is 0 Å². The van der Waals surface area contributed by atoms with Gasteiger partial charge >= 0.3 is 0 Å². The fourth-order valence-electron chi connectivity index (χ4n) is 4.43. The van der Waals surface area contributed by atoms with Crippen LogP contribution in [0.1, 0.15) is 0 Å². The second kappa shape index (κ2) is 7.57. The number of aromatic nitrogens is 5. The number of benzene rings is 4. The van der Waals surface area contributed by atoms with Crippen LogP contribution in [0.25, 0.3) is 60.7 Å². The molecule has 6 heteroatoms. The largest absolute Gasteiger partial charge is 0.278 e. The molecule has 34 heavy (non-hydrogen) atoms. The monoisotopic (exact) mass is 455 g/mol. The predicted octanol–water partition coefficient (Wildman–Crippen LogP) is 6.91. The summed E-state index contributed by atoms with van der Waals surface area (Å²) in [7, 11) is 0. The Balaban J connectivity index is 1.59. The molecule has 0 saturated carbocycles. The Bertz CT molecular complexity index is 1750. The SMILES string of the molecule is c1ccc(-c2nc(-c3ccccc3)nc(-n3c4ccccc4c4cc5scnc5cc43)n2)cc1. The van der Waals surface area contributed by atoms with Crippen LogP contribution in [0, 0.1) is 0 Å². The summed E-state index contributed by atoms with van der Waals surface area (Å²) < 4.78 is 3.30. The first kappa shape index (κ1) is 19.1. The third-order valence-corrected chi connectivity index (χ3v) is 6.80. The molecule has 0 aliphatic heterocycles. The average Bonchev–Trinajstić information content (AvgIpc) is 3.50. The lowest BCUT2D eigenvalue weighted by molar-refractivity contribution is 0.954. The molecular weight excluding hydrogens is 438 g/mol. The summed E-state index contributed by atoms with van der Waals surface area (Å²) in [5.41, 5.74) is 6.85. The molecule has 0 saturated heterocycles. The van der Waals surface area contributed by atoms with Crippen LogP contribution in [0.5, 0.6) is 0 Å². The maximum absolute atomic E-state index is 4.96. The zero-order chi connectivity index (χ0) is 22.5. The van der Waals surface area contributed by atoms with Crippen molar-refractivity contribution in [1.29, 1.82) is 0 Å². The summed E-state index contributed by atoms with van der Waals surface area (Å²) in [6.07, 6.45) is 0. The van der Waals surface area contributed by atoms with E-state index in [0.717, 1.165) is 38.4 Å². The molecule has 0 spiro atoms. The molecule has 0 fully saturated rings. The molecule has 0 amide bonds. The number of rotatable bonds is 3. The summed E-state index contributed by atoms with van der Waals surface area (Å²) in [6.45, 7) is 0. The molecule has 160 valence electrons. The molecule has 3 heterocycles. The van der Waals surface area contributed by atoms with Crippen LogP contribution in [0.4, 0.5) is 0 Å². The fourth-order valence-corrected chi connectivity index (χ4v) is 5.13. The minimum absolute atomic E-state index is 0.591. The first-order valence-electron chi connectivity index (χ1n) is 11.0. The van der Waals surface area contributed by atoms with E-state index in [2.05, 4.69) is 45.9 Å². The standard InChI is InChI=1S/C28H17N5S/c1-3-9-18(10-4-1)26-30-27(19-11-5-2-6-12-19)32-28(31-26)33-23-14-8-7-13-20(23)21-15-25-22(16-24(21)33)29-17-34-25/h1-17H. The lowest BCUT2D eigenvalue weighted by atomic mass is 10.1. The van der Waals surface area contributed by atoms with Gasteiger partial charge in [-0.15, -0.1) is 11.3 Å². The van der Waals surface area contributed by atoms with Crippen molar-refractivity contribution in [3.8, 4) is 28.7 Å². The quantitative estimate of drug-likeness (QED) is 0.290. The Labute approximate surface area is 199 Å². The third kappa shape index (κ3) is 3.00. The minimum atomic E-state index is 0.591. The second-order valence-electron chi connectivity index (χ2n) is 8.06. The molecule has 3 aromatic heterocycles. The maximum atomic E-state index is 4.96. The summed E-state index contributed by atoms with van der Waals surface area (Å²) in [5, 5.41) is 2.33. The minimum Gasteiger partial charge on any atom is -0.278 e. The third-order valence-electron chi connectivity index (χ3n) is 6.01. The number of nitrogens with zero attached hydrogens (tertiary/aromatic N) is 5. The van der Waals surface area contributed by atoms with E-state index >= 15 is 0 Å². The summed E-state index contributed by atoms with van der Waals surface area (Å²) in [6, 6.07) is 32.8. The molecule has 7 aromatic rings. The van der Waals surface area contributed by atoms with E-state index in [0.29, 0.717) is 17.6 Å². The highest BCUT2D eigenvalue weighted by molar-refractivity contribution is 7.16. The highest BCUT2D eigenvalue weighted by Crippen LogP contribution is 2.35. The van der Waals surface area contributed by atoms with Crippen molar-refractivity contribution in [1.82, 2.24) is 24.5 Å². The van der Waals surface area contributed by atoms with Gasteiger partial charge in [-0.2, -0.15) is 9.97 Å². The lowest BCUT2D eigenvalue weighted by Gasteiger charge is -2.10. The summed E-state index contributed by atoms with van der Waals surface area (Å²) in [5.74, 6) is 1.88. The molecule has 0 aliphatic carbocycles. The normalized spacial score (nSPS) is 11.5. The maximum Gasteiger partial charge on any atom is 0.238 e. The van der Waals surface area contributed by atoms with Crippen LogP contribution in [-0.4, -0.2) is 24.5 Å². The molecule has 7 rings (SSSR count). The van der Waals surface area contributed by atoms with Crippen molar-refractivity contribution in [2.75, 3.05) is 0 Å². The fraction of sp³-hybridized carbons (Fsp3) is 0. The van der Waals surface area contributed by atoms with Gasteiger partial charge in [-0.3, -0.25) is 4.57 Å². The van der Waals surface area contributed by atoms with Crippen LogP contribution >= 0.6 is 11.3 Å². The van der Waals surface area contributed by atoms with E-state index < -0.39 is 0 Å². The van der Waals surface area contributed by atoms with E-state index in [4.69, 9.17) is 15.0 Å². The van der Waals surface area contributed by atoms with E-state index in [1.54, 1.807) is 11.3 Å². The van der Waals surface area contributed by atoms with E-state index in [1.165, 1.54) is 4.70 Å². The topological polar surface area (TPSA) is 56.5 Å². The van der Waals surface area contributed by atoms with Gasteiger partial charge in [0.15, 0.2) is 11.6 Å². The van der Waals surface area contributed by atoms with Crippen LogP contribution in [0.2, 0.25) is 0 Å². The van der Waals surface area contributed by atoms with Gasteiger partial charge in [0.05, 0.1) is 26.8 Å². The van der Waals surface area contributed by atoms with Crippen molar-refractivity contribution >= 4 is 43.4 Å². The van der Waals surface area contributed by atoms with Crippen molar-refractivity contribution in [3.63, 3.8) is 0 Å². The summed E-state index contributed by atoms with van der Waals surface area (Å²) >= 11 is 1.65. The van der Waals surface area contributed by atoms with Crippen LogP contribution in [0.15, 0.2) is 103 Å². The number of hydrogen-bond acceptors (Lipinski definition) is 5. The van der Waals surface area contributed by atoms with Crippen LogP contribution < -0.4 is 0 Å². The first-order chi connectivity index (χ1) is 16.8. The van der Waals surface area contributed by atoms with Crippen LogP contribution in [0.3, 0.4) is 0 Å². The zero-order valence-corrected chi connectivity index (χ0v) is 18.8. The smallest absolute Gasteiger partial charge is 0.238 e. The number of hydrogen-bond donors (Lipinski definition) is 0. The molecule has 0 aliphatic rings. The van der Waals surface area contributed by atoms with Gasteiger partial charge in [0.25, 0.3) is 0 Å². The Morgan fingerprint density at radius 1 is 0.588 bits per heavy atom. The molecule has 4 aromatic carbocycles. The van der Waals surface area contributed by atoms with E-state index in [9.17, 15) is 0 Å². The zero-order valence-electron chi connectivity index (χ0n) is 18.0. The van der Waals surface area contributed by atoms with Gasteiger partial charge in [0.1, 0.15) is 0 Å². The predicted molar refractivity (Wildman–Crippen MR) is 138 cm³/mol. The summed E-state index contributed by atoms with van der Waals surface area (Å²) in [4.78, 5) is 19.3. The van der Waals surface area contributed by atoms with Gasteiger partial charge < -0.3 is 0 Å². The van der Waals surface area contributed by atoms with E-state index in [-0.39, 0.29) is 0 Å². The van der Waals surface area contributed by atoms with Gasteiger partial charge in [0.2, 0.25) is 5.95 Å². The number of para-hydroxylation sites is 1. The van der Waals surface area contributed by atoms with Crippen molar-refractivity contribution in [2.24, 2.45) is 0 Å². The lowest BCUT2D eigenvalue weighted by Crippen LogP contribution is -2.06. The molecule has 0 bridgehead atoms. The first-order valence-corrected chi connectivity index (χ1v) is 11.9. The van der Waals surface area contributed by atoms with Crippen LogP contribution in [-0.2, 0) is 0 Å². The Morgan fingerprint density at radius 3 is 1.94 bits per heavy atom. The van der Waals surface area contributed by atoms with E-state index in [1.807, 2.05) is 66.2 Å². The van der Waals surface area contributed by atoms with Gasteiger partial charge in [0, 0.05) is 21.9 Å². The molecule has 0 radical (unpaired) electrons. The molecule has 0 unspecified atom stereocenters. The van der Waals surface area contributed by atoms with Gasteiger partial charge in [-0.25, -0.2) is 9.97 Å². The second-order valence-corrected chi connectivity index (χ2v) is 8.94. The number of thiazole rings is 1. The Kier molecular flexibility index (Phi) is 4.25. The average molecular weight is 456 g/mol. The van der Waals surface area contributed by atoms with Crippen molar-refractivity contribution in [3.05, 3.63) is 103 Å². The number of fused-ring (bicyclic) bond motifs is 4. The highest BCUT2D eigenvalue weighted by atomic mass is 32.1. The Morgan fingerprint density at radius 2 is 1.24 bits per heavy atom. The molecule has 0 atom stereocenters.